The van der Waals surface area contributed by atoms with Gasteiger partial charge in [0.2, 0.25) is 0 Å². The maximum atomic E-state index is 11.6. The molecule has 0 spiro atoms. The summed E-state index contributed by atoms with van der Waals surface area (Å²) in [6.07, 6.45) is 0.754. The Bertz CT molecular complexity index is 354. The van der Waals surface area contributed by atoms with E-state index in [9.17, 15) is 4.79 Å². The topological polar surface area (TPSA) is 63.8 Å². The highest BCUT2D eigenvalue weighted by Crippen LogP contribution is 2.13. The minimum absolute atomic E-state index is 0.121. The van der Waals surface area contributed by atoms with E-state index in [0.717, 1.165) is 12.1 Å². The van der Waals surface area contributed by atoms with Gasteiger partial charge in [0, 0.05) is 0 Å². The summed E-state index contributed by atoms with van der Waals surface area (Å²) in [6, 6.07) is 0. The normalized spacial score (nSPS) is 12.0. The van der Waals surface area contributed by atoms with Gasteiger partial charge in [0.15, 0.2) is 0 Å². The molecule has 1 heterocycles. The number of nitrogen functional groups attached to an aromatic ring is 1. The molecule has 1 aromatic rings. The van der Waals surface area contributed by atoms with Crippen LogP contribution in [0.15, 0.2) is 4.79 Å². The van der Waals surface area contributed by atoms with Gasteiger partial charge in [-0.05, 0) is 27.2 Å². The van der Waals surface area contributed by atoms with Crippen LogP contribution in [0, 0.1) is 0 Å². The summed E-state index contributed by atoms with van der Waals surface area (Å²) >= 11 is 0. The van der Waals surface area contributed by atoms with Crippen LogP contribution in [0.3, 0.4) is 0 Å². The van der Waals surface area contributed by atoms with Crippen molar-refractivity contribution >= 4 is 5.69 Å². The number of hydrogen-bond donors (Lipinski definition) is 2. The zero-order valence-electron chi connectivity index (χ0n) is 8.64. The fraction of sp³-hybridized carbons (Fsp3) is 0.667. The molecule has 0 saturated carbocycles. The molecule has 4 heteroatoms. The number of nitrogens with two attached hydrogens (primary N) is 1. The second-order valence-electron chi connectivity index (χ2n) is 4.17. The van der Waals surface area contributed by atoms with E-state index < -0.39 is 0 Å². The number of aromatic nitrogens is 2. The molecule has 0 fully saturated rings. The highest BCUT2D eigenvalue weighted by atomic mass is 16.1. The molecule has 0 bridgehead atoms. The lowest BCUT2D eigenvalue weighted by molar-refractivity contribution is 0.344. The molecular formula is C9H17N3O. The Hall–Kier alpha value is -1.19. The van der Waals surface area contributed by atoms with Gasteiger partial charge < -0.3 is 5.73 Å². The van der Waals surface area contributed by atoms with Gasteiger partial charge in [0.05, 0.1) is 11.2 Å². The summed E-state index contributed by atoms with van der Waals surface area (Å²) in [5, 5.41) is 3.02. The van der Waals surface area contributed by atoms with E-state index in [4.69, 9.17) is 5.73 Å². The third kappa shape index (κ3) is 1.61. The van der Waals surface area contributed by atoms with Crippen LogP contribution in [0.5, 0.6) is 0 Å². The molecule has 0 amide bonds. The average Bonchev–Trinajstić information content (AvgIpc) is 2.28. The molecule has 74 valence electrons. The Morgan fingerprint density at radius 1 is 1.46 bits per heavy atom. The zero-order chi connectivity index (χ0) is 10.2. The molecule has 0 radical (unpaired) electrons. The van der Waals surface area contributed by atoms with Crippen molar-refractivity contribution in [1.82, 2.24) is 9.78 Å². The van der Waals surface area contributed by atoms with Crippen molar-refractivity contribution in [3.05, 3.63) is 16.0 Å². The number of H-pyrrole nitrogens is 1. The lowest BCUT2D eigenvalue weighted by atomic mass is 10.1. The first-order valence-electron chi connectivity index (χ1n) is 4.47. The number of nitrogens with zero attached hydrogens (tertiary/aromatic N) is 1. The lowest BCUT2D eigenvalue weighted by Crippen LogP contribution is -2.33. The highest BCUT2D eigenvalue weighted by molar-refractivity contribution is 5.40. The monoisotopic (exact) mass is 183 g/mol. The fourth-order valence-corrected chi connectivity index (χ4v) is 1.24. The average molecular weight is 183 g/mol. The second-order valence-corrected chi connectivity index (χ2v) is 4.17. The molecule has 0 aliphatic heterocycles. The van der Waals surface area contributed by atoms with Crippen molar-refractivity contribution < 1.29 is 0 Å². The third-order valence-electron chi connectivity index (χ3n) is 2.03. The molecule has 0 saturated heterocycles. The predicted octanol–water partition coefficient (Wildman–Crippen LogP) is 1.08. The van der Waals surface area contributed by atoms with Crippen LogP contribution in [0.25, 0.3) is 0 Å². The van der Waals surface area contributed by atoms with Crippen molar-refractivity contribution in [2.24, 2.45) is 0 Å². The molecule has 0 unspecified atom stereocenters. The van der Waals surface area contributed by atoms with E-state index in [1.807, 2.05) is 27.7 Å². The molecular weight excluding hydrogens is 166 g/mol. The van der Waals surface area contributed by atoms with Crippen LogP contribution in [0.1, 0.15) is 33.4 Å². The second kappa shape index (κ2) is 2.94. The Morgan fingerprint density at radius 2 is 2.00 bits per heavy atom. The van der Waals surface area contributed by atoms with Gasteiger partial charge in [-0.25, -0.2) is 4.68 Å². The van der Waals surface area contributed by atoms with Crippen molar-refractivity contribution in [2.75, 3.05) is 5.73 Å². The van der Waals surface area contributed by atoms with E-state index in [-0.39, 0.29) is 11.1 Å². The van der Waals surface area contributed by atoms with Crippen LogP contribution < -0.4 is 11.3 Å². The predicted molar refractivity (Wildman–Crippen MR) is 53.8 cm³/mol. The van der Waals surface area contributed by atoms with E-state index in [2.05, 4.69) is 5.10 Å². The minimum Gasteiger partial charge on any atom is -0.393 e. The van der Waals surface area contributed by atoms with Crippen molar-refractivity contribution in [1.29, 1.82) is 0 Å². The smallest absolute Gasteiger partial charge is 0.290 e. The van der Waals surface area contributed by atoms with Crippen molar-refractivity contribution in [3.63, 3.8) is 0 Å². The van der Waals surface area contributed by atoms with Crippen LogP contribution in [-0.4, -0.2) is 9.78 Å². The SMILES string of the molecule is CCc1[nH]n(C(C)(C)C)c(=O)c1N. The molecule has 0 aromatic carbocycles. The van der Waals surface area contributed by atoms with E-state index in [1.165, 1.54) is 0 Å². The number of aryl methyl sites for hydroxylation is 1. The summed E-state index contributed by atoms with van der Waals surface area (Å²) in [6.45, 7) is 7.85. The quantitative estimate of drug-likeness (QED) is 0.684. The number of anilines is 1. The fourth-order valence-electron chi connectivity index (χ4n) is 1.24. The lowest BCUT2D eigenvalue weighted by Gasteiger charge is -2.18. The molecule has 4 nitrogen and oxygen atoms in total. The molecule has 13 heavy (non-hydrogen) atoms. The Kier molecular flexibility index (Phi) is 2.24. The third-order valence-corrected chi connectivity index (χ3v) is 2.03. The number of rotatable bonds is 1. The van der Waals surface area contributed by atoms with Gasteiger partial charge in [-0.3, -0.25) is 9.89 Å². The van der Waals surface area contributed by atoms with E-state index in [1.54, 1.807) is 4.68 Å². The Morgan fingerprint density at radius 3 is 2.23 bits per heavy atom. The van der Waals surface area contributed by atoms with E-state index >= 15 is 0 Å². The molecule has 1 rings (SSSR count). The first-order valence-corrected chi connectivity index (χ1v) is 4.47. The maximum Gasteiger partial charge on any atom is 0.290 e. The van der Waals surface area contributed by atoms with Gasteiger partial charge in [-0.15, -0.1) is 0 Å². The van der Waals surface area contributed by atoms with Gasteiger partial charge in [-0.2, -0.15) is 0 Å². The van der Waals surface area contributed by atoms with Crippen molar-refractivity contribution in [2.45, 2.75) is 39.7 Å². The summed E-state index contributed by atoms with van der Waals surface area (Å²) < 4.78 is 1.57. The van der Waals surface area contributed by atoms with Crippen LogP contribution in [-0.2, 0) is 12.0 Å². The zero-order valence-corrected chi connectivity index (χ0v) is 8.64. The van der Waals surface area contributed by atoms with E-state index in [0.29, 0.717) is 5.69 Å². The number of nitrogens with one attached hydrogen (secondary N) is 1. The van der Waals surface area contributed by atoms with Crippen LogP contribution in [0.2, 0.25) is 0 Å². The van der Waals surface area contributed by atoms with Crippen molar-refractivity contribution in [3.8, 4) is 0 Å². The summed E-state index contributed by atoms with van der Waals surface area (Å²) in [7, 11) is 0. The molecule has 3 N–H and O–H groups in total. The largest absolute Gasteiger partial charge is 0.393 e. The molecule has 0 atom stereocenters. The minimum atomic E-state index is -0.237. The van der Waals surface area contributed by atoms with Gasteiger partial charge >= 0.3 is 0 Å². The van der Waals surface area contributed by atoms with Gasteiger partial charge in [0.1, 0.15) is 5.69 Å². The first kappa shape index (κ1) is 9.89. The summed E-state index contributed by atoms with van der Waals surface area (Å²) in [4.78, 5) is 11.6. The number of aromatic amines is 1. The first-order chi connectivity index (χ1) is 5.88. The van der Waals surface area contributed by atoms with Gasteiger partial charge in [-0.1, -0.05) is 6.92 Å². The summed E-state index contributed by atoms with van der Waals surface area (Å²) in [5.74, 6) is 0. The Balaban J connectivity index is 3.34. The number of hydrogen-bond acceptors (Lipinski definition) is 2. The van der Waals surface area contributed by atoms with Crippen LogP contribution >= 0.6 is 0 Å². The molecule has 1 aromatic heterocycles. The molecule has 0 aliphatic carbocycles. The summed E-state index contributed by atoms with van der Waals surface area (Å²) in [5.41, 5.74) is 6.45. The highest BCUT2D eigenvalue weighted by Gasteiger charge is 2.19. The molecule has 0 aliphatic rings. The maximum absolute atomic E-state index is 11.6. The van der Waals surface area contributed by atoms with Gasteiger partial charge in [0.25, 0.3) is 5.56 Å². The standard InChI is InChI=1S/C9H17N3O/c1-5-6-7(10)8(13)12(11-6)9(2,3)4/h11H,5,10H2,1-4H3. The van der Waals surface area contributed by atoms with Crippen LogP contribution in [0.4, 0.5) is 5.69 Å². The Labute approximate surface area is 77.7 Å².